The van der Waals surface area contributed by atoms with E-state index in [9.17, 15) is 4.79 Å². The van der Waals surface area contributed by atoms with E-state index in [1.165, 1.54) is 0 Å². The van der Waals surface area contributed by atoms with Crippen LogP contribution in [0.25, 0.3) is 0 Å². The van der Waals surface area contributed by atoms with Gasteiger partial charge in [0.1, 0.15) is 17.2 Å². The minimum atomic E-state index is -0.134. The Morgan fingerprint density at radius 3 is 2.35 bits per heavy atom. The van der Waals surface area contributed by atoms with Crippen molar-refractivity contribution in [3.63, 3.8) is 0 Å². The molecule has 2 aromatic rings. The Kier molecular flexibility index (Phi) is 6.86. The molecular formula is C20H26N2O4. The monoisotopic (exact) mass is 358 g/mol. The van der Waals surface area contributed by atoms with Crippen molar-refractivity contribution >= 4 is 11.6 Å². The number of methoxy groups -OCH3 is 3. The number of ether oxygens (including phenoxy) is 3. The summed E-state index contributed by atoms with van der Waals surface area (Å²) in [5.41, 5.74) is 2.78. The first kappa shape index (κ1) is 19.6. The lowest BCUT2D eigenvalue weighted by Crippen LogP contribution is -2.30. The number of likely N-dealkylation sites (N-methyl/N-ethyl adjacent to an activating group) is 1. The van der Waals surface area contributed by atoms with Crippen LogP contribution in [-0.2, 0) is 11.3 Å². The maximum absolute atomic E-state index is 12.4. The molecule has 0 fully saturated rings. The summed E-state index contributed by atoms with van der Waals surface area (Å²) in [6.07, 6.45) is 0. The van der Waals surface area contributed by atoms with Crippen LogP contribution >= 0.6 is 0 Å². The van der Waals surface area contributed by atoms with Crippen molar-refractivity contribution in [3.8, 4) is 17.2 Å². The molecule has 6 nitrogen and oxygen atoms in total. The van der Waals surface area contributed by atoms with Gasteiger partial charge in [-0.05, 0) is 32.2 Å². The van der Waals surface area contributed by atoms with Crippen molar-refractivity contribution in [1.82, 2.24) is 4.90 Å². The van der Waals surface area contributed by atoms with Gasteiger partial charge >= 0.3 is 0 Å². The number of anilines is 1. The smallest absolute Gasteiger partial charge is 0.238 e. The van der Waals surface area contributed by atoms with Crippen molar-refractivity contribution in [1.29, 1.82) is 0 Å². The summed E-state index contributed by atoms with van der Waals surface area (Å²) in [5, 5.41) is 2.88. The van der Waals surface area contributed by atoms with Crippen LogP contribution in [0.5, 0.6) is 17.2 Å². The Morgan fingerprint density at radius 1 is 1.00 bits per heavy atom. The number of benzene rings is 2. The van der Waals surface area contributed by atoms with Crippen LogP contribution in [0.1, 0.15) is 11.1 Å². The van der Waals surface area contributed by atoms with Crippen molar-refractivity contribution in [2.75, 3.05) is 40.2 Å². The van der Waals surface area contributed by atoms with E-state index in [0.717, 1.165) is 16.9 Å². The van der Waals surface area contributed by atoms with Crippen LogP contribution in [-0.4, -0.2) is 45.7 Å². The summed E-state index contributed by atoms with van der Waals surface area (Å²) in [6, 6.07) is 11.3. The summed E-state index contributed by atoms with van der Waals surface area (Å²) in [4.78, 5) is 14.4. The predicted octanol–water partition coefficient (Wildman–Crippen LogP) is 3.09. The zero-order valence-corrected chi connectivity index (χ0v) is 16.0. The molecular weight excluding hydrogens is 332 g/mol. The van der Waals surface area contributed by atoms with Crippen LogP contribution in [0.4, 0.5) is 5.69 Å². The molecule has 6 heteroatoms. The summed E-state index contributed by atoms with van der Waals surface area (Å²) in [6.45, 7) is 2.87. The Hall–Kier alpha value is -2.73. The highest BCUT2D eigenvalue weighted by Gasteiger charge is 2.13. The van der Waals surface area contributed by atoms with Crippen molar-refractivity contribution in [3.05, 3.63) is 47.5 Å². The Balaban J connectivity index is 2.03. The van der Waals surface area contributed by atoms with E-state index in [1.807, 2.05) is 31.0 Å². The van der Waals surface area contributed by atoms with E-state index in [-0.39, 0.29) is 12.5 Å². The average molecular weight is 358 g/mol. The summed E-state index contributed by atoms with van der Waals surface area (Å²) < 4.78 is 15.9. The van der Waals surface area contributed by atoms with Crippen LogP contribution in [0.3, 0.4) is 0 Å². The fourth-order valence-corrected chi connectivity index (χ4v) is 2.72. The van der Waals surface area contributed by atoms with Gasteiger partial charge in [0.2, 0.25) is 5.91 Å². The van der Waals surface area contributed by atoms with Crippen molar-refractivity contribution in [2.45, 2.75) is 13.5 Å². The number of hydrogen-bond donors (Lipinski definition) is 1. The zero-order chi connectivity index (χ0) is 19.1. The minimum absolute atomic E-state index is 0.134. The largest absolute Gasteiger partial charge is 0.497 e. The Morgan fingerprint density at radius 2 is 1.69 bits per heavy atom. The van der Waals surface area contributed by atoms with Crippen LogP contribution in [0.2, 0.25) is 0 Å². The lowest BCUT2D eigenvalue weighted by molar-refractivity contribution is -0.117. The molecule has 0 radical (unpaired) electrons. The molecule has 1 N–H and O–H groups in total. The predicted molar refractivity (Wildman–Crippen MR) is 102 cm³/mol. The van der Waals surface area contributed by atoms with Gasteiger partial charge in [0.25, 0.3) is 0 Å². The molecule has 0 aliphatic rings. The highest BCUT2D eigenvalue weighted by molar-refractivity contribution is 5.94. The van der Waals surface area contributed by atoms with Gasteiger partial charge in [-0.15, -0.1) is 0 Å². The van der Waals surface area contributed by atoms with Crippen LogP contribution in [0.15, 0.2) is 36.4 Å². The number of rotatable bonds is 8. The molecule has 140 valence electrons. The third-order valence-corrected chi connectivity index (χ3v) is 3.97. The van der Waals surface area contributed by atoms with Crippen LogP contribution in [0, 0.1) is 6.92 Å². The first-order valence-corrected chi connectivity index (χ1v) is 8.30. The normalized spacial score (nSPS) is 10.5. The molecule has 0 atom stereocenters. The van der Waals surface area contributed by atoms with Gasteiger partial charge < -0.3 is 19.5 Å². The Bertz CT molecular complexity index is 761. The van der Waals surface area contributed by atoms with E-state index >= 15 is 0 Å². The van der Waals surface area contributed by atoms with Gasteiger partial charge in [-0.2, -0.15) is 0 Å². The highest BCUT2D eigenvalue weighted by atomic mass is 16.5. The molecule has 0 aliphatic carbocycles. The maximum Gasteiger partial charge on any atom is 0.238 e. The summed E-state index contributed by atoms with van der Waals surface area (Å²) in [7, 11) is 6.68. The van der Waals surface area contributed by atoms with Gasteiger partial charge in [0.15, 0.2) is 0 Å². The number of carbonyl (C=O) groups is 1. The average Bonchev–Trinajstić information content (AvgIpc) is 2.61. The first-order valence-electron chi connectivity index (χ1n) is 8.30. The lowest BCUT2D eigenvalue weighted by atomic mass is 10.1. The molecule has 26 heavy (non-hydrogen) atoms. The second-order valence-corrected chi connectivity index (χ2v) is 6.10. The molecule has 1 amide bonds. The third kappa shape index (κ3) is 5.13. The molecule has 0 unspecified atom stereocenters. The molecule has 0 spiro atoms. The summed E-state index contributed by atoms with van der Waals surface area (Å²) >= 11 is 0. The molecule has 0 saturated heterocycles. The zero-order valence-electron chi connectivity index (χ0n) is 16.0. The third-order valence-electron chi connectivity index (χ3n) is 3.97. The number of nitrogens with zero attached hydrogens (tertiary/aromatic N) is 1. The van der Waals surface area contributed by atoms with E-state index in [2.05, 4.69) is 11.4 Å². The molecule has 2 aromatic carbocycles. The molecule has 0 aromatic heterocycles. The number of nitrogens with one attached hydrogen (secondary N) is 1. The van der Waals surface area contributed by atoms with Gasteiger partial charge in [0.05, 0.1) is 33.6 Å². The van der Waals surface area contributed by atoms with E-state index < -0.39 is 0 Å². The Labute approximate surface area is 154 Å². The van der Waals surface area contributed by atoms with Crippen LogP contribution < -0.4 is 19.5 Å². The molecule has 0 bridgehead atoms. The number of aryl methyl sites for hydroxylation is 1. The van der Waals surface area contributed by atoms with Gasteiger partial charge in [0, 0.05) is 18.2 Å². The topological polar surface area (TPSA) is 60.0 Å². The fourth-order valence-electron chi connectivity index (χ4n) is 2.72. The second-order valence-electron chi connectivity index (χ2n) is 6.10. The van der Waals surface area contributed by atoms with Crippen molar-refractivity contribution < 1.29 is 19.0 Å². The standard InChI is InChI=1S/C20H26N2O4/c1-14-6-8-18(25-4)15(10-14)12-22(2)13-20(23)21-17-11-16(24-3)7-9-19(17)26-5/h6-11H,12-13H2,1-5H3,(H,21,23). The number of hydrogen-bond acceptors (Lipinski definition) is 5. The number of amides is 1. The SMILES string of the molecule is COc1ccc(OC)c(NC(=O)CN(C)Cc2cc(C)ccc2OC)c1. The van der Waals surface area contributed by atoms with Gasteiger partial charge in [-0.3, -0.25) is 9.69 Å². The molecule has 2 rings (SSSR count). The fraction of sp³-hybridized carbons (Fsp3) is 0.350. The first-order chi connectivity index (χ1) is 12.5. The highest BCUT2D eigenvalue weighted by Crippen LogP contribution is 2.29. The number of carbonyl (C=O) groups excluding carboxylic acids is 1. The molecule has 0 heterocycles. The minimum Gasteiger partial charge on any atom is -0.497 e. The lowest BCUT2D eigenvalue weighted by Gasteiger charge is -2.19. The van der Waals surface area contributed by atoms with Gasteiger partial charge in [-0.1, -0.05) is 17.7 Å². The van der Waals surface area contributed by atoms with Gasteiger partial charge in [-0.25, -0.2) is 0 Å². The summed E-state index contributed by atoms with van der Waals surface area (Å²) in [5.74, 6) is 1.92. The molecule has 0 aliphatic heterocycles. The second kappa shape index (κ2) is 9.10. The quantitative estimate of drug-likeness (QED) is 0.786. The maximum atomic E-state index is 12.4. The van der Waals surface area contributed by atoms with E-state index in [1.54, 1.807) is 39.5 Å². The molecule has 0 saturated carbocycles. The van der Waals surface area contributed by atoms with Crippen molar-refractivity contribution in [2.24, 2.45) is 0 Å². The van der Waals surface area contributed by atoms with E-state index in [4.69, 9.17) is 14.2 Å². The van der Waals surface area contributed by atoms with E-state index in [0.29, 0.717) is 23.7 Å².